The van der Waals surface area contributed by atoms with Crippen molar-refractivity contribution in [1.29, 1.82) is 0 Å². The van der Waals surface area contributed by atoms with E-state index < -0.39 is 0 Å². The van der Waals surface area contributed by atoms with E-state index in [4.69, 9.17) is 9.97 Å². The fourth-order valence-corrected chi connectivity index (χ4v) is 2.35. The number of hydrogen-bond acceptors (Lipinski definition) is 4. The number of nitrogens with one attached hydrogen (secondary N) is 2. The molecule has 0 amide bonds. The lowest BCUT2D eigenvalue weighted by Gasteiger charge is -2.21. The summed E-state index contributed by atoms with van der Waals surface area (Å²) in [5.41, 5.74) is 1.09. The van der Waals surface area contributed by atoms with E-state index in [0.717, 1.165) is 54.4 Å². The maximum atomic E-state index is 4.77. The molecule has 1 aromatic rings. The summed E-state index contributed by atoms with van der Waals surface area (Å²) in [6.45, 7) is 15.0. The van der Waals surface area contributed by atoms with Crippen molar-refractivity contribution in [3.8, 4) is 0 Å². The van der Waals surface area contributed by atoms with E-state index in [0.29, 0.717) is 0 Å². The van der Waals surface area contributed by atoms with Gasteiger partial charge in [-0.25, -0.2) is 9.97 Å². The Hall–Kier alpha value is -1.32. The predicted molar refractivity (Wildman–Crippen MR) is 90.0 cm³/mol. The van der Waals surface area contributed by atoms with Crippen molar-refractivity contribution >= 4 is 11.6 Å². The van der Waals surface area contributed by atoms with Crippen LogP contribution in [0.2, 0.25) is 0 Å². The maximum Gasteiger partial charge on any atom is 0.138 e. The largest absolute Gasteiger partial charge is 0.370 e. The molecule has 2 N–H and O–H groups in total. The molecule has 1 heterocycles. The molecule has 2 unspecified atom stereocenters. The van der Waals surface area contributed by atoms with Crippen LogP contribution in [-0.4, -0.2) is 23.1 Å². The molecule has 21 heavy (non-hydrogen) atoms. The Morgan fingerprint density at radius 1 is 1.14 bits per heavy atom. The first-order chi connectivity index (χ1) is 9.82. The smallest absolute Gasteiger partial charge is 0.138 e. The monoisotopic (exact) mass is 290 g/mol. The summed E-state index contributed by atoms with van der Waals surface area (Å²) in [6, 6.07) is 0. The molecule has 0 aliphatic heterocycles. The quantitative estimate of drug-likeness (QED) is 0.832. The number of rotatable bonds is 6. The summed E-state index contributed by atoms with van der Waals surface area (Å²) < 4.78 is 0. The van der Waals surface area contributed by atoms with Gasteiger partial charge in [0.2, 0.25) is 0 Å². The SMILES string of the molecule is CCCNc1nc(C(C)(C)C)nc(NCC2CC2C)c1C. The van der Waals surface area contributed by atoms with Crippen LogP contribution >= 0.6 is 0 Å². The van der Waals surface area contributed by atoms with Gasteiger partial charge in [-0.05, 0) is 31.6 Å². The highest BCUT2D eigenvalue weighted by atomic mass is 15.1. The molecule has 1 fully saturated rings. The highest BCUT2D eigenvalue weighted by Crippen LogP contribution is 2.38. The average molecular weight is 290 g/mol. The van der Waals surface area contributed by atoms with Crippen molar-refractivity contribution in [1.82, 2.24) is 9.97 Å². The Morgan fingerprint density at radius 3 is 2.19 bits per heavy atom. The minimum absolute atomic E-state index is 0.0420. The van der Waals surface area contributed by atoms with Gasteiger partial charge in [0.05, 0.1) is 0 Å². The van der Waals surface area contributed by atoms with Gasteiger partial charge in [0, 0.05) is 24.1 Å². The van der Waals surface area contributed by atoms with Crippen LogP contribution < -0.4 is 10.6 Å². The summed E-state index contributed by atoms with van der Waals surface area (Å²) in [6.07, 6.45) is 2.43. The zero-order chi connectivity index (χ0) is 15.6. The van der Waals surface area contributed by atoms with E-state index in [1.165, 1.54) is 6.42 Å². The molecule has 1 saturated carbocycles. The third-order valence-corrected chi connectivity index (χ3v) is 4.17. The molecule has 0 aromatic carbocycles. The molecule has 118 valence electrons. The molecule has 4 nitrogen and oxygen atoms in total. The van der Waals surface area contributed by atoms with Gasteiger partial charge in [0.15, 0.2) is 0 Å². The molecule has 0 bridgehead atoms. The predicted octanol–water partition coefficient (Wildman–Crippen LogP) is 3.97. The number of nitrogens with zero attached hydrogens (tertiary/aromatic N) is 2. The molecule has 0 saturated heterocycles. The van der Waals surface area contributed by atoms with Crippen LogP contribution in [0.4, 0.5) is 11.6 Å². The normalized spacial score (nSPS) is 21.2. The van der Waals surface area contributed by atoms with E-state index >= 15 is 0 Å². The van der Waals surface area contributed by atoms with E-state index in [2.05, 4.69) is 52.2 Å². The number of hydrogen-bond donors (Lipinski definition) is 2. The zero-order valence-electron chi connectivity index (χ0n) is 14.4. The second-order valence-electron chi connectivity index (χ2n) is 7.40. The molecule has 1 aliphatic carbocycles. The van der Waals surface area contributed by atoms with Crippen LogP contribution in [0.25, 0.3) is 0 Å². The average Bonchev–Trinajstić information content (AvgIpc) is 3.10. The van der Waals surface area contributed by atoms with Gasteiger partial charge in [-0.2, -0.15) is 0 Å². The van der Waals surface area contributed by atoms with Crippen LogP contribution in [-0.2, 0) is 5.41 Å². The maximum absolute atomic E-state index is 4.77. The molecule has 4 heteroatoms. The standard InChI is InChI=1S/C17H30N4/c1-7-8-18-14-12(3)15(19-10-13-9-11(13)2)21-16(20-14)17(4,5)6/h11,13H,7-10H2,1-6H3,(H2,18,19,20,21). The molecule has 0 radical (unpaired) electrons. The number of aromatic nitrogens is 2. The third kappa shape index (κ3) is 4.08. The Bertz CT molecular complexity index is 490. The molecule has 0 spiro atoms. The van der Waals surface area contributed by atoms with Gasteiger partial charge < -0.3 is 10.6 Å². The number of anilines is 2. The zero-order valence-corrected chi connectivity index (χ0v) is 14.4. The second-order valence-corrected chi connectivity index (χ2v) is 7.40. The lowest BCUT2D eigenvalue weighted by molar-refractivity contribution is 0.545. The van der Waals surface area contributed by atoms with Crippen LogP contribution in [0.3, 0.4) is 0 Å². The van der Waals surface area contributed by atoms with Crippen LogP contribution in [0, 0.1) is 18.8 Å². The second kappa shape index (κ2) is 6.20. The van der Waals surface area contributed by atoms with Crippen molar-refractivity contribution in [3.05, 3.63) is 11.4 Å². The Kier molecular flexibility index (Phi) is 4.74. The van der Waals surface area contributed by atoms with E-state index in [1.807, 2.05) is 0 Å². The van der Waals surface area contributed by atoms with Gasteiger partial charge >= 0.3 is 0 Å². The van der Waals surface area contributed by atoms with Crippen molar-refractivity contribution in [2.24, 2.45) is 11.8 Å². The topological polar surface area (TPSA) is 49.8 Å². The van der Waals surface area contributed by atoms with Crippen molar-refractivity contribution in [3.63, 3.8) is 0 Å². The highest BCUT2D eigenvalue weighted by molar-refractivity contribution is 5.57. The van der Waals surface area contributed by atoms with Gasteiger partial charge in [0.25, 0.3) is 0 Å². The first kappa shape index (κ1) is 16.1. The fourth-order valence-electron chi connectivity index (χ4n) is 2.35. The van der Waals surface area contributed by atoms with Crippen LogP contribution in [0.15, 0.2) is 0 Å². The molecular formula is C17H30N4. The van der Waals surface area contributed by atoms with Crippen LogP contribution in [0.5, 0.6) is 0 Å². The lowest BCUT2D eigenvalue weighted by Crippen LogP contribution is -2.20. The third-order valence-electron chi connectivity index (χ3n) is 4.17. The Labute approximate surface area is 129 Å². The van der Waals surface area contributed by atoms with Gasteiger partial charge in [0.1, 0.15) is 17.5 Å². The van der Waals surface area contributed by atoms with E-state index in [-0.39, 0.29) is 5.41 Å². The molecule has 1 aromatic heterocycles. The highest BCUT2D eigenvalue weighted by Gasteiger charge is 2.32. The molecule has 2 atom stereocenters. The summed E-state index contributed by atoms with van der Waals surface area (Å²) >= 11 is 0. The molecular weight excluding hydrogens is 260 g/mol. The van der Waals surface area contributed by atoms with Crippen molar-refractivity contribution in [2.75, 3.05) is 23.7 Å². The van der Waals surface area contributed by atoms with Gasteiger partial charge in [-0.3, -0.25) is 0 Å². The minimum atomic E-state index is -0.0420. The van der Waals surface area contributed by atoms with Gasteiger partial charge in [-0.15, -0.1) is 0 Å². The first-order valence-corrected chi connectivity index (χ1v) is 8.19. The summed E-state index contributed by atoms with van der Waals surface area (Å²) in [7, 11) is 0. The summed E-state index contributed by atoms with van der Waals surface area (Å²) in [5.74, 6) is 4.54. The molecule has 2 rings (SSSR count). The van der Waals surface area contributed by atoms with Crippen LogP contribution in [0.1, 0.15) is 58.8 Å². The van der Waals surface area contributed by atoms with Gasteiger partial charge in [-0.1, -0.05) is 34.6 Å². The Balaban J connectivity index is 2.23. The Morgan fingerprint density at radius 2 is 1.71 bits per heavy atom. The van der Waals surface area contributed by atoms with Crippen molar-refractivity contribution in [2.45, 2.75) is 59.8 Å². The minimum Gasteiger partial charge on any atom is -0.370 e. The van der Waals surface area contributed by atoms with E-state index in [1.54, 1.807) is 0 Å². The summed E-state index contributed by atoms with van der Waals surface area (Å²) in [5, 5.41) is 6.98. The molecule has 1 aliphatic rings. The van der Waals surface area contributed by atoms with Crippen molar-refractivity contribution < 1.29 is 0 Å². The first-order valence-electron chi connectivity index (χ1n) is 8.19. The van der Waals surface area contributed by atoms with E-state index in [9.17, 15) is 0 Å². The summed E-state index contributed by atoms with van der Waals surface area (Å²) in [4.78, 5) is 9.51. The lowest BCUT2D eigenvalue weighted by atomic mass is 9.95. The fraction of sp³-hybridized carbons (Fsp3) is 0.765.